The van der Waals surface area contributed by atoms with Crippen LogP contribution in [0.25, 0.3) is 28.0 Å². The number of fused-ring (bicyclic) bond motifs is 1. The molecule has 0 amide bonds. The monoisotopic (exact) mass is 363 g/mol. The van der Waals surface area contributed by atoms with Gasteiger partial charge in [0.25, 0.3) is 0 Å². The van der Waals surface area contributed by atoms with Crippen LogP contribution >= 0.6 is 0 Å². The molecule has 4 rings (SSSR count). The first-order valence-corrected chi connectivity index (χ1v) is 8.83. The van der Waals surface area contributed by atoms with Crippen LogP contribution < -0.4 is 10.2 Å². The maximum atomic E-state index is 7.49. The number of hydrogen-bond acceptors (Lipinski definition) is 7. The molecule has 1 aliphatic heterocycles. The van der Waals surface area contributed by atoms with E-state index in [1.807, 2.05) is 19.2 Å². The Labute approximate surface area is 156 Å². The van der Waals surface area contributed by atoms with E-state index < -0.39 is 0 Å². The molecule has 0 saturated carbocycles. The molecule has 0 aromatic carbocycles. The van der Waals surface area contributed by atoms with Gasteiger partial charge in [-0.25, -0.2) is 4.98 Å². The summed E-state index contributed by atoms with van der Waals surface area (Å²) in [6, 6.07) is 5.91. The van der Waals surface area contributed by atoms with Gasteiger partial charge in [-0.15, -0.1) is 0 Å². The number of pyridine rings is 2. The Morgan fingerprint density at radius 2 is 2.15 bits per heavy atom. The van der Waals surface area contributed by atoms with Crippen molar-refractivity contribution in [1.29, 1.82) is 5.41 Å². The Hall–Kier alpha value is -3.26. The molecule has 0 bridgehead atoms. The van der Waals surface area contributed by atoms with Crippen molar-refractivity contribution in [1.82, 2.24) is 25.5 Å². The summed E-state index contributed by atoms with van der Waals surface area (Å²) in [5, 5.41) is 18.7. The van der Waals surface area contributed by atoms with Gasteiger partial charge in [0.15, 0.2) is 0 Å². The standard InChI is InChI=1S/C19H21N7O/c1-21-15(2-5-20)14-12-17(26-8-10-27-11-9-26)24-18-13(14)3-6-22-19(18)16-4-7-23-25-16/h2-7,12,20-21H,8-11H2,1H3,(H,23,25)/b15-2-,20-5?. The number of hydrogen-bond donors (Lipinski definition) is 3. The number of nitrogens with one attached hydrogen (secondary N) is 3. The number of ether oxygens (including phenoxy) is 1. The molecule has 0 atom stereocenters. The third kappa shape index (κ3) is 3.26. The lowest BCUT2D eigenvalue weighted by molar-refractivity contribution is 0.122. The van der Waals surface area contributed by atoms with Gasteiger partial charge in [-0.1, -0.05) is 0 Å². The second kappa shape index (κ2) is 7.55. The number of aromatic amines is 1. The molecule has 0 unspecified atom stereocenters. The fourth-order valence-electron chi connectivity index (χ4n) is 3.29. The van der Waals surface area contributed by atoms with Crippen molar-refractivity contribution in [3.8, 4) is 11.4 Å². The largest absolute Gasteiger partial charge is 0.388 e. The molecular formula is C19H21N7O. The maximum Gasteiger partial charge on any atom is 0.130 e. The van der Waals surface area contributed by atoms with Crippen LogP contribution in [0.4, 0.5) is 5.82 Å². The summed E-state index contributed by atoms with van der Waals surface area (Å²) >= 11 is 0. The second-order valence-electron chi connectivity index (χ2n) is 6.15. The fraction of sp³-hybridized carbons (Fsp3) is 0.263. The minimum Gasteiger partial charge on any atom is -0.388 e. The van der Waals surface area contributed by atoms with Crippen LogP contribution in [0.3, 0.4) is 0 Å². The van der Waals surface area contributed by atoms with Crippen molar-refractivity contribution in [3.63, 3.8) is 0 Å². The highest BCUT2D eigenvalue weighted by Crippen LogP contribution is 2.31. The third-order valence-corrected chi connectivity index (χ3v) is 4.61. The van der Waals surface area contributed by atoms with Crippen LogP contribution in [0.1, 0.15) is 5.56 Å². The summed E-state index contributed by atoms with van der Waals surface area (Å²) in [6.07, 6.45) is 6.50. The smallest absolute Gasteiger partial charge is 0.130 e. The molecule has 0 spiro atoms. The molecule has 138 valence electrons. The number of anilines is 1. The Bertz CT molecular complexity index is 975. The highest BCUT2D eigenvalue weighted by atomic mass is 16.5. The average Bonchev–Trinajstić information content (AvgIpc) is 3.26. The summed E-state index contributed by atoms with van der Waals surface area (Å²) in [6.45, 7) is 2.96. The normalized spacial score (nSPS) is 15.1. The van der Waals surface area contributed by atoms with Crippen LogP contribution in [0.15, 0.2) is 36.7 Å². The zero-order valence-electron chi connectivity index (χ0n) is 15.1. The van der Waals surface area contributed by atoms with E-state index in [1.165, 1.54) is 6.21 Å². The van der Waals surface area contributed by atoms with Crippen molar-refractivity contribution in [2.24, 2.45) is 0 Å². The summed E-state index contributed by atoms with van der Waals surface area (Å²) in [5.41, 5.74) is 4.21. The Morgan fingerprint density at radius 3 is 2.85 bits per heavy atom. The number of H-pyrrole nitrogens is 1. The van der Waals surface area contributed by atoms with Gasteiger partial charge in [0.2, 0.25) is 0 Å². The molecule has 8 nitrogen and oxygen atoms in total. The lowest BCUT2D eigenvalue weighted by Crippen LogP contribution is -2.36. The molecule has 8 heteroatoms. The van der Waals surface area contributed by atoms with Gasteiger partial charge < -0.3 is 20.4 Å². The maximum absolute atomic E-state index is 7.49. The van der Waals surface area contributed by atoms with Gasteiger partial charge in [0.1, 0.15) is 17.0 Å². The van der Waals surface area contributed by atoms with E-state index in [0.717, 1.165) is 52.5 Å². The summed E-state index contributed by atoms with van der Waals surface area (Å²) < 4.78 is 5.48. The molecule has 0 radical (unpaired) electrons. The third-order valence-electron chi connectivity index (χ3n) is 4.61. The molecule has 3 N–H and O–H groups in total. The SMILES string of the molecule is CN/C(=C\C=N)c1cc(N2CCOCC2)nc2c(-c3ccn[nH]3)nccc12. The Kier molecular flexibility index (Phi) is 4.80. The van der Waals surface area contributed by atoms with Gasteiger partial charge in [0, 0.05) is 55.4 Å². The predicted octanol–water partition coefficient (Wildman–Crippen LogP) is 2.07. The van der Waals surface area contributed by atoms with E-state index in [-0.39, 0.29) is 0 Å². The first-order valence-electron chi connectivity index (χ1n) is 8.83. The van der Waals surface area contributed by atoms with Crippen LogP contribution in [-0.2, 0) is 4.74 Å². The molecule has 1 aliphatic rings. The van der Waals surface area contributed by atoms with Crippen molar-refractivity contribution in [3.05, 3.63) is 42.2 Å². The van der Waals surface area contributed by atoms with E-state index >= 15 is 0 Å². The Morgan fingerprint density at radius 1 is 1.30 bits per heavy atom. The van der Waals surface area contributed by atoms with Crippen LogP contribution in [0.5, 0.6) is 0 Å². The first kappa shape index (κ1) is 17.2. The van der Waals surface area contributed by atoms with E-state index in [2.05, 4.69) is 31.5 Å². The minimum atomic E-state index is 0.685. The van der Waals surface area contributed by atoms with Crippen molar-refractivity contribution < 1.29 is 4.74 Å². The number of nitrogens with zero attached hydrogens (tertiary/aromatic N) is 4. The lowest BCUT2D eigenvalue weighted by Gasteiger charge is -2.28. The highest BCUT2D eigenvalue weighted by Gasteiger charge is 2.19. The molecule has 3 aromatic rings. The van der Waals surface area contributed by atoms with Crippen LogP contribution in [0, 0.1) is 5.41 Å². The molecular weight excluding hydrogens is 342 g/mol. The molecule has 0 aliphatic carbocycles. The zero-order valence-corrected chi connectivity index (χ0v) is 15.1. The second-order valence-corrected chi connectivity index (χ2v) is 6.15. The number of allylic oxidation sites excluding steroid dienone is 1. The van der Waals surface area contributed by atoms with Crippen molar-refractivity contribution in [2.45, 2.75) is 0 Å². The molecule has 1 saturated heterocycles. The van der Waals surface area contributed by atoms with E-state index in [0.29, 0.717) is 13.2 Å². The lowest BCUT2D eigenvalue weighted by atomic mass is 10.0. The van der Waals surface area contributed by atoms with Crippen LogP contribution in [0.2, 0.25) is 0 Å². The number of aromatic nitrogens is 4. The predicted molar refractivity (Wildman–Crippen MR) is 106 cm³/mol. The fourth-order valence-corrected chi connectivity index (χ4v) is 3.29. The first-order chi connectivity index (χ1) is 13.3. The van der Waals surface area contributed by atoms with Gasteiger partial charge in [-0.3, -0.25) is 10.1 Å². The number of morpholine rings is 1. The molecule has 4 heterocycles. The summed E-state index contributed by atoms with van der Waals surface area (Å²) in [4.78, 5) is 11.7. The van der Waals surface area contributed by atoms with Gasteiger partial charge >= 0.3 is 0 Å². The molecule has 1 fully saturated rings. The summed E-state index contributed by atoms with van der Waals surface area (Å²) in [5.74, 6) is 0.876. The number of rotatable bonds is 5. The zero-order chi connectivity index (χ0) is 18.6. The average molecular weight is 363 g/mol. The van der Waals surface area contributed by atoms with E-state index in [1.54, 1.807) is 18.5 Å². The van der Waals surface area contributed by atoms with Crippen molar-refractivity contribution in [2.75, 3.05) is 38.3 Å². The van der Waals surface area contributed by atoms with Crippen molar-refractivity contribution >= 4 is 28.6 Å². The van der Waals surface area contributed by atoms with Crippen LogP contribution in [-0.4, -0.2) is 59.7 Å². The quantitative estimate of drug-likeness (QED) is 0.600. The summed E-state index contributed by atoms with van der Waals surface area (Å²) in [7, 11) is 1.85. The molecule has 3 aromatic heterocycles. The highest BCUT2D eigenvalue weighted by molar-refractivity contribution is 6.00. The minimum absolute atomic E-state index is 0.685. The van der Waals surface area contributed by atoms with Gasteiger partial charge in [-0.05, 0) is 24.3 Å². The van der Waals surface area contributed by atoms with E-state index in [4.69, 9.17) is 15.1 Å². The molecule has 27 heavy (non-hydrogen) atoms. The van der Waals surface area contributed by atoms with E-state index in [9.17, 15) is 0 Å². The topological polar surface area (TPSA) is 103 Å². The Balaban J connectivity index is 1.98. The van der Waals surface area contributed by atoms with Gasteiger partial charge in [-0.2, -0.15) is 5.10 Å². The van der Waals surface area contributed by atoms with Gasteiger partial charge in [0.05, 0.1) is 18.9 Å².